The van der Waals surface area contributed by atoms with Crippen molar-refractivity contribution in [3.05, 3.63) is 41.5 Å². The summed E-state index contributed by atoms with van der Waals surface area (Å²) in [6, 6.07) is 6.20. The molecule has 0 amide bonds. The lowest BCUT2D eigenvalue weighted by Crippen LogP contribution is -2.00. The first kappa shape index (κ1) is 10.7. The van der Waals surface area contributed by atoms with E-state index in [9.17, 15) is 0 Å². The predicted molar refractivity (Wildman–Crippen MR) is 64.0 cm³/mol. The molecular weight excluding hydrogens is 200 g/mol. The Bertz CT molecular complexity index is 488. The molecular formula is C12H16N4. The third-order valence-corrected chi connectivity index (χ3v) is 2.79. The van der Waals surface area contributed by atoms with Crippen molar-refractivity contribution in [3.8, 4) is 0 Å². The zero-order valence-corrected chi connectivity index (χ0v) is 9.64. The van der Waals surface area contributed by atoms with Gasteiger partial charge in [0.15, 0.2) is 0 Å². The van der Waals surface area contributed by atoms with Crippen molar-refractivity contribution < 1.29 is 0 Å². The summed E-state index contributed by atoms with van der Waals surface area (Å²) in [5, 5.41) is 7.91. The molecule has 2 N–H and O–H groups in total. The Labute approximate surface area is 95.1 Å². The molecule has 84 valence electrons. The van der Waals surface area contributed by atoms with E-state index in [1.807, 2.05) is 24.6 Å². The lowest BCUT2D eigenvalue weighted by Gasteiger charge is -2.04. The van der Waals surface area contributed by atoms with Crippen molar-refractivity contribution in [1.29, 1.82) is 0 Å². The van der Waals surface area contributed by atoms with E-state index in [4.69, 9.17) is 5.73 Å². The van der Waals surface area contributed by atoms with Crippen molar-refractivity contribution in [2.75, 3.05) is 5.73 Å². The summed E-state index contributed by atoms with van der Waals surface area (Å²) in [5.74, 6) is 0.999. The average molecular weight is 216 g/mol. The van der Waals surface area contributed by atoms with Gasteiger partial charge < -0.3 is 10.3 Å². The number of nitrogens with zero attached hydrogens (tertiary/aromatic N) is 3. The van der Waals surface area contributed by atoms with Crippen LogP contribution in [0.3, 0.4) is 0 Å². The van der Waals surface area contributed by atoms with Gasteiger partial charge in [0, 0.05) is 19.2 Å². The molecule has 0 aliphatic rings. The summed E-state index contributed by atoms with van der Waals surface area (Å²) in [6.07, 6.45) is 3.55. The summed E-state index contributed by atoms with van der Waals surface area (Å²) in [7, 11) is 1.96. The van der Waals surface area contributed by atoms with Gasteiger partial charge in [-0.2, -0.15) is 0 Å². The molecule has 0 unspecified atom stereocenters. The Morgan fingerprint density at radius 3 is 2.75 bits per heavy atom. The Hall–Kier alpha value is -1.84. The van der Waals surface area contributed by atoms with Crippen LogP contribution in [0.2, 0.25) is 0 Å². The molecule has 1 heterocycles. The highest BCUT2D eigenvalue weighted by molar-refractivity contribution is 5.48. The standard InChI is InChI=1S/C12H16N4/c1-9-3-4-10(7-11(9)13)5-6-12-15-14-8-16(12)2/h3-4,7-8H,5-6,13H2,1-2H3. The Morgan fingerprint density at radius 2 is 2.12 bits per heavy atom. The van der Waals surface area contributed by atoms with Gasteiger partial charge in [-0.1, -0.05) is 12.1 Å². The number of anilines is 1. The lowest BCUT2D eigenvalue weighted by molar-refractivity contribution is 0.770. The van der Waals surface area contributed by atoms with Crippen LogP contribution in [0.1, 0.15) is 17.0 Å². The van der Waals surface area contributed by atoms with E-state index in [0.717, 1.165) is 29.9 Å². The van der Waals surface area contributed by atoms with Gasteiger partial charge in [0.1, 0.15) is 12.2 Å². The summed E-state index contributed by atoms with van der Waals surface area (Å²) < 4.78 is 1.94. The molecule has 1 aromatic heterocycles. The van der Waals surface area contributed by atoms with Crippen LogP contribution in [0, 0.1) is 6.92 Å². The first-order valence-corrected chi connectivity index (χ1v) is 5.34. The monoisotopic (exact) mass is 216 g/mol. The first-order chi connectivity index (χ1) is 7.66. The van der Waals surface area contributed by atoms with Crippen molar-refractivity contribution in [1.82, 2.24) is 14.8 Å². The van der Waals surface area contributed by atoms with Crippen LogP contribution in [0.25, 0.3) is 0 Å². The van der Waals surface area contributed by atoms with E-state index in [1.165, 1.54) is 5.56 Å². The van der Waals surface area contributed by atoms with Gasteiger partial charge in [0.2, 0.25) is 0 Å². The van der Waals surface area contributed by atoms with Crippen LogP contribution in [0.5, 0.6) is 0 Å². The van der Waals surface area contributed by atoms with Gasteiger partial charge in [-0.3, -0.25) is 0 Å². The fourth-order valence-corrected chi connectivity index (χ4v) is 1.64. The SMILES string of the molecule is Cc1ccc(CCc2nncn2C)cc1N. The number of nitrogen functional groups attached to an aromatic ring is 1. The second-order valence-electron chi connectivity index (χ2n) is 4.05. The normalized spacial score (nSPS) is 10.6. The molecule has 16 heavy (non-hydrogen) atoms. The fraction of sp³-hybridized carbons (Fsp3) is 0.333. The van der Waals surface area contributed by atoms with E-state index in [2.05, 4.69) is 22.3 Å². The largest absolute Gasteiger partial charge is 0.399 e. The molecule has 0 radical (unpaired) electrons. The Kier molecular flexibility index (Phi) is 2.90. The highest BCUT2D eigenvalue weighted by Gasteiger charge is 2.02. The molecule has 2 rings (SSSR count). The predicted octanol–water partition coefficient (Wildman–Crippen LogP) is 1.49. The van der Waals surface area contributed by atoms with Crippen LogP contribution in [-0.4, -0.2) is 14.8 Å². The smallest absolute Gasteiger partial charge is 0.132 e. The molecule has 0 bridgehead atoms. The molecule has 0 aliphatic heterocycles. The maximum absolute atomic E-state index is 5.87. The van der Waals surface area contributed by atoms with Crippen LogP contribution in [0.15, 0.2) is 24.5 Å². The second-order valence-corrected chi connectivity index (χ2v) is 4.05. The van der Waals surface area contributed by atoms with E-state index >= 15 is 0 Å². The molecule has 2 aromatic rings. The molecule has 0 aliphatic carbocycles. The molecule has 0 saturated carbocycles. The molecule has 0 spiro atoms. The summed E-state index contributed by atoms with van der Waals surface area (Å²) in [6.45, 7) is 2.02. The second kappa shape index (κ2) is 4.35. The van der Waals surface area contributed by atoms with Crippen molar-refractivity contribution in [2.24, 2.45) is 7.05 Å². The first-order valence-electron chi connectivity index (χ1n) is 5.34. The van der Waals surface area contributed by atoms with E-state index < -0.39 is 0 Å². The zero-order valence-electron chi connectivity index (χ0n) is 9.64. The minimum Gasteiger partial charge on any atom is -0.399 e. The van der Waals surface area contributed by atoms with Crippen LogP contribution < -0.4 is 5.73 Å². The van der Waals surface area contributed by atoms with Gasteiger partial charge in [0.05, 0.1) is 0 Å². The Balaban J connectivity index is 2.05. The van der Waals surface area contributed by atoms with E-state index in [0.29, 0.717) is 0 Å². The van der Waals surface area contributed by atoms with Gasteiger partial charge in [-0.25, -0.2) is 0 Å². The number of hydrogen-bond donors (Lipinski definition) is 1. The average Bonchev–Trinajstić information content (AvgIpc) is 2.66. The third-order valence-electron chi connectivity index (χ3n) is 2.79. The molecule has 4 heteroatoms. The quantitative estimate of drug-likeness (QED) is 0.791. The maximum atomic E-state index is 5.87. The van der Waals surface area contributed by atoms with Crippen molar-refractivity contribution in [3.63, 3.8) is 0 Å². The molecule has 1 aromatic carbocycles. The lowest BCUT2D eigenvalue weighted by atomic mass is 10.1. The number of aryl methyl sites for hydroxylation is 4. The van der Waals surface area contributed by atoms with Crippen molar-refractivity contribution >= 4 is 5.69 Å². The number of aromatic nitrogens is 3. The van der Waals surface area contributed by atoms with Crippen molar-refractivity contribution in [2.45, 2.75) is 19.8 Å². The van der Waals surface area contributed by atoms with E-state index in [1.54, 1.807) is 6.33 Å². The number of rotatable bonds is 3. The fourth-order valence-electron chi connectivity index (χ4n) is 1.64. The third kappa shape index (κ3) is 2.21. The zero-order chi connectivity index (χ0) is 11.5. The topological polar surface area (TPSA) is 56.7 Å². The molecule has 0 fully saturated rings. The maximum Gasteiger partial charge on any atom is 0.132 e. The number of benzene rings is 1. The molecule has 0 atom stereocenters. The minimum atomic E-state index is 0.857. The van der Waals surface area contributed by atoms with Gasteiger partial charge in [-0.15, -0.1) is 10.2 Å². The summed E-state index contributed by atoms with van der Waals surface area (Å²) in [4.78, 5) is 0. The Morgan fingerprint density at radius 1 is 1.31 bits per heavy atom. The van der Waals surface area contributed by atoms with Gasteiger partial charge >= 0.3 is 0 Å². The van der Waals surface area contributed by atoms with Crippen LogP contribution in [-0.2, 0) is 19.9 Å². The van der Waals surface area contributed by atoms with Gasteiger partial charge in [0.25, 0.3) is 0 Å². The highest BCUT2D eigenvalue weighted by atomic mass is 15.2. The molecule has 0 saturated heterocycles. The summed E-state index contributed by atoms with van der Waals surface area (Å²) >= 11 is 0. The van der Waals surface area contributed by atoms with Crippen LogP contribution in [0.4, 0.5) is 5.69 Å². The molecule has 4 nitrogen and oxygen atoms in total. The van der Waals surface area contributed by atoms with E-state index in [-0.39, 0.29) is 0 Å². The van der Waals surface area contributed by atoms with Gasteiger partial charge in [-0.05, 0) is 30.5 Å². The van der Waals surface area contributed by atoms with Crippen LogP contribution >= 0.6 is 0 Å². The number of nitrogens with two attached hydrogens (primary N) is 1. The minimum absolute atomic E-state index is 0.857. The number of hydrogen-bond acceptors (Lipinski definition) is 3. The summed E-state index contributed by atoms with van der Waals surface area (Å²) in [5.41, 5.74) is 9.09. The highest BCUT2D eigenvalue weighted by Crippen LogP contribution is 2.14.